The standard InChI is InChI=1S/C18H19NO/c1-15-12-19(15)18(17-10-6-3-7-11-17)14-20-13-16-8-4-2-5-9-16/h2-11,18H,1,12-14H2/t18-,19?/m1/s1. The van der Waals surface area contributed by atoms with Crippen molar-refractivity contribution >= 4 is 0 Å². The minimum atomic E-state index is 0.285. The summed E-state index contributed by atoms with van der Waals surface area (Å²) in [4.78, 5) is 2.29. The molecule has 0 bridgehead atoms. The SMILES string of the molecule is C=C1CN1[C@H](COCc1ccccc1)c1ccccc1. The van der Waals surface area contributed by atoms with Crippen molar-refractivity contribution in [1.82, 2.24) is 4.90 Å². The summed E-state index contributed by atoms with van der Waals surface area (Å²) in [6.45, 7) is 6.36. The van der Waals surface area contributed by atoms with Gasteiger partial charge in [0.1, 0.15) is 0 Å². The number of nitrogens with zero attached hydrogens (tertiary/aromatic N) is 1. The van der Waals surface area contributed by atoms with E-state index in [0.717, 1.165) is 6.54 Å². The van der Waals surface area contributed by atoms with Crippen molar-refractivity contribution in [2.24, 2.45) is 0 Å². The van der Waals surface area contributed by atoms with E-state index < -0.39 is 0 Å². The molecule has 1 fully saturated rings. The van der Waals surface area contributed by atoms with Gasteiger partial charge in [-0.15, -0.1) is 0 Å². The molecule has 1 atom stereocenters. The molecular formula is C18H19NO. The molecule has 1 aliphatic heterocycles. The summed E-state index contributed by atoms with van der Waals surface area (Å²) in [5.41, 5.74) is 3.70. The van der Waals surface area contributed by atoms with Crippen molar-refractivity contribution in [3.8, 4) is 0 Å². The molecule has 2 aromatic carbocycles. The van der Waals surface area contributed by atoms with Crippen molar-refractivity contribution in [3.63, 3.8) is 0 Å². The van der Waals surface area contributed by atoms with Crippen LogP contribution in [0.4, 0.5) is 0 Å². The lowest BCUT2D eigenvalue weighted by Gasteiger charge is -2.19. The zero-order chi connectivity index (χ0) is 13.8. The molecule has 1 aliphatic rings. The first-order valence-corrected chi connectivity index (χ1v) is 6.95. The molecule has 0 spiro atoms. The van der Waals surface area contributed by atoms with E-state index in [0.29, 0.717) is 13.2 Å². The number of hydrogen-bond donors (Lipinski definition) is 0. The molecule has 2 nitrogen and oxygen atoms in total. The van der Waals surface area contributed by atoms with E-state index >= 15 is 0 Å². The van der Waals surface area contributed by atoms with E-state index in [4.69, 9.17) is 4.74 Å². The lowest BCUT2D eigenvalue weighted by Crippen LogP contribution is -2.16. The Balaban J connectivity index is 1.61. The third-order valence-corrected chi connectivity index (χ3v) is 3.60. The molecule has 2 heteroatoms. The molecule has 2 aromatic rings. The second-order valence-electron chi connectivity index (χ2n) is 5.12. The molecule has 1 heterocycles. The predicted octanol–water partition coefficient (Wildman–Crippen LogP) is 3.77. The number of rotatable bonds is 6. The molecule has 0 aliphatic carbocycles. The Kier molecular flexibility index (Phi) is 3.84. The summed E-state index contributed by atoms with van der Waals surface area (Å²) in [5, 5.41) is 0. The average Bonchev–Trinajstić information content (AvgIpc) is 3.22. The molecule has 0 radical (unpaired) electrons. The van der Waals surface area contributed by atoms with E-state index in [-0.39, 0.29) is 6.04 Å². The topological polar surface area (TPSA) is 12.2 Å². The van der Waals surface area contributed by atoms with Crippen LogP contribution in [-0.4, -0.2) is 18.1 Å². The van der Waals surface area contributed by atoms with Crippen LogP contribution in [0.1, 0.15) is 17.2 Å². The normalized spacial score (nSPS) is 15.2. The maximum atomic E-state index is 5.90. The van der Waals surface area contributed by atoms with Crippen LogP contribution < -0.4 is 0 Å². The van der Waals surface area contributed by atoms with Crippen LogP contribution in [0.2, 0.25) is 0 Å². The van der Waals surface area contributed by atoms with Gasteiger partial charge in [-0.25, -0.2) is 0 Å². The van der Waals surface area contributed by atoms with Gasteiger partial charge in [0.05, 0.1) is 25.8 Å². The maximum Gasteiger partial charge on any atom is 0.0778 e. The first-order valence-electron chi connectivity index (χ1n) is 6.95. The highest BCUT2D eigenvalue weighted by atomic mass is 16.5. The smallest absolute Gasteiger partial charge is 0.0778 e. The van der Waals surface area contributed by atoms with Gasteiger partial charge in [-0.3, -0.25) is 0 Å². The van der Waals surface area contributed by atoms with Gasteiger partial charge < -0.3 is 9.64 Å². The summed E-state index contributed by atoms with van der Waals surface area (Å²) in [6.07, 6.45) is 0. The van der Waals surface area contributed by atoms with Crippen LogP contribution >= 0.6 is 0 Å². The molecular weight excluding hydrogens is 246 g/mol. The van der Waals surface area contributed by atoms with Gasteiger partial charge in [0, 0.05) is 5.70 Å². The Labute approximate surface area is 120 Å². The molecule has 0 unspecified atom stereocenters. The predicted molar refractivity (Wildman–Crippen MR) is 81.1 cm³/mol. The van der Waals surface area contributed by atoms with Crippen LogP contribution in [0, 0.1) is 0 Å². The van der Waals surface area contributed by atoms with Gasteiger partial charge in [0.15, 0.2) is 0 Å². The largest absolute Gasteiger partial charge is 0.374 e. The van der Waals surface area contributed by atoms with Crippen LogP contribution in [0.5, 0.6) is 0 Å². The highest BCUT2D eigenvalue weighted by Gasteiger charge is 2.32. The lowest BCUT2D eigenvalue weighted by molar-refractivity contribution is 0.0850. The van der Waals surface area contributed by atoms with Crippen LogP contribution in [0.15, 0.2) is 72.9 Å². The second-order valence-corrected chi connectivity index (χ2v) is 5.12. The third-order valence-electron chi connectivity index (χ3n) is 3.60. The van der Waals surface area contributed by atoms with Crippen molar-refractivity contribution in [2.75, 3.05) is 13.2 Å². The highest BCUT2D eigenvalue weighted by Crippen LogP contribution is 2.34. The van der Waals surface area contributed by atoms with E-state index in [9.17, 15) is 0 Å². The van der Waals surface area contributed by atoms with Crippen molar-refractivity contribution in [1.29, 1.82) is 0 Å². The van der Waals surface area contributed by atoms with E-state index in [1.165, 1.54) is 16.8 Å². The van der Waals surface area contributed by atoms with Crippen LogP contribution in [-0.2, 0) is 11.3 Å². The van der Waals surface area contributed by atoms with Gasteiger partial charge in [-0.2, -0.15) is 0 Å². The lowest BCUT2D eigenvalue weighted by atomic mass is 10.1. The van der Waals surface area contributed by atoms with Crippen molar-refractivity contribution in [3.05, 3.63) is 84.1 Å². The van der Waals surface area contributed by atoms with E-state index in [1.54, 1.807) is 0 Å². The maximum absolute atomic E-state index is 5.90. The molecule has 3 rings (SSSR count). The number of hydrogen-bond acceptors (Lipinski definition) is 2. The van der Waals surface area contributed by atoms with E-state index in [2.05, 4.69) is 47.9 Å². The molecule has 0 amide bonds. The van der Waals surface area contributed by atoms with E-state index in [1.807, 2.05) is 24.3 Å². The fourth-order valence-electron chi connectivity index (χ4n) is 2.40. The van der Waals surface area contributed by atoms with Gasteiger partial charge in [-0.1, -0.05) is 67.2 Å². The Bertz CT molecular complexity index is 564. The summed E-state index contributed by atoms with van der Waals surface area (Å²) in [7, 11) is 0. The minimum Gasteiger partial charge on any atom is -0.374 e. The van der Waals surface area contributed by atoms with Gasteiger partial charge in [0.2, 0.25) is 0 Å². The van der Waals surface area contributed by atoms with Crippen LogP contribution in [0.25, 0.3) is 0 Å². The monoisotopic (exact) mass is 265 g/mol. The third kappa shape index (κ3) is 3.09. The van der Waals surface area contributed by atoms with Crippen LogP contribution in [0.3, 0.4) is 0 Å². The zero-order valence-corrected chi connectivity index (χ0v) is 11.5. The minimum absolute atomic E-state index is 0.285. The van der Waals surface area contributed by atoms with Crippen molar-refractivity contribution < 1.29 is 4.74 Å². The summed E-state index contributed by atoms with van der Waals surface area (Å²) >= 11 is 0. The Morgan fingerprint density at radius 3 is 2.20 bits per heavy atom. The Morgan fingerprint density at radius 1 is 1.00 bits per heavy atom. The Hall–Kier alpha value is -2.06. The van der Waals surface area contributed by atoms with Gasteiger partial charge in [-0.05, 0) is 11.1 Å². The average molecular weight is 265 g/mol. The molecule has 0 N–H and O–H groups in total. The first-order chi connectivity index (χ1) is 9.84. The first kappa shape index (κ1) is 12.9. The molecule has 1 saturated heterocycles. The zero-order valence-electron chi connectivity index (χ0n) is 11.5. The Morgan fingerprint density at radius 2 is 1.60 bits per heavy atom. The van der Waals surface area contributed by atoms with Gasteiger partial charge in [0.25, 0.3) is 0 Å². The number of ether oxygens (including phenoxy) is 1. The summed E-state index contributed by atoms with van der Waals surface area (Å²) in [6, 6.07) is 21.1. The summed E-state index contributed by atoms with van der Waals surface area (Å²) in [5.74, 6) is 0. The molecule has 20 heavy (non-hydrogen) atoms. The summed E-state index contributed by atoms with van der Waals surface area (Å²) < 4.78 is 5.90. The molecule has 0 saturated carbocycles. The number of benzene rings is 2. The van der Waals surface area contributed by atoms with Gasteiger partial charge >= 0.3 is 0 Å². The molecule has 0 aromatic heterocycles. The fourth-order valence-corrected chi connectivity index (χ4v) is 2.40. The van der Waals surface area contributed by atoms with Crippen molar-refractivity contribution in [2.45, 2.75) is 12.6 Å². The quantitative estimate of drug-likeness (QED) is 0.737. The fraction of sp³-hybridized carbons (Fsp3) is 0.222. The highest BCUT2D eigenvalue weighted by molar-refractivity contribution is 5.26. The molecule has 102 valence electrons. The second kappa shape index (κ2) is 5.93.